The Labute approximate surface area is 334 Å². The molecule has 0 aliphatic rings. The minimum Gasteiger partial charge on any atom is -0.452 e. The number of hydrogen-bond donors (Lipinski definition) is 0. The van der Waals surface area contributed by atoms with Crippen molar-refractivity contribution in [3.63, 3.8) is 0 Å². The van der Waals surface area contributed by atoms with Gasteiger partial charge in [0.05, 0.1) is 0 Å². The van der Waals surface area contributed by atoms with Gasteiger partial charge in [-0.3, -0.25) is 0 Å². The molecule has 0 radical (unpaired) electrons. The minimum absolute atomic E-state index is 0.787. The first-order valence-electron chi connectivity index (χ1n) is 19.8. The van der Waals surface area contributed by atoms with E-state index >= 15 is 0 Å². The molecule has 0 bridgehead atoms. The Morgan fingerprint density at radius 3 is 1.16 bits per heavy atom. The van der Waals surface area contributed by atoms with Gasteiger partial charge in [0.1, 0.15) is 11.2 Å². The molecule has 0 unspecified atom stereocenters. The van der Waals surface area contributed by atoms with E-state index in [-0.39, 0.29) is 0 Å². The SMILES string of the molecule is c1ccc(-c2ccc(-c3c4ccccc4c(-c4ccc(-c5ccccc5)cc4)c4cc(-c5ccc6oc7c(ccc8c9ccccc9oc87)c6c5)ccc34)cc2)cc1. The molecule has 2 nitrogen and oxygen atoms in total. The molecule has 0 saturated heterocycles. The van der Waals surface area contributed by atoms with Crippen molar-refractivity contribution < 1.29 is 8.83 Å². The monoisotopic (exact) mass is 738 g/mol. The van der Waals surface area contributed by atoms with Crippen LogP contribution >= 0.6 is 0 Å². The first kappa shape index (κ1) is 32.6. The van der Waals surface area contributed by atoms with Gasteiger partial charge in [0.15, 0.2) is 11.2 Å². The molecule has 2 aromatic heterocycles. The average Bonchev–Trinajstić information content (AvgIpc) is 3.87. The average molecular weight is 739 g/mol. The van der Waals surface area contributed by atoms with Crippen LogP contribution in [-0.2, 0) is 0 Å². The fourth-order valence-electron chi connectivity index (χ4n) is 9.10. The molecule has 270 valence electrons. The summed E-state index contributed by atoms with van der Waals surface area (Å²) in [4.78, 5) is 0. The fraction of sp³-hybridized carbons (Fsp3) is 0. The van der Waals surface area contributed by atoms with Crippen LogP contribution in [0.2, 0.25) is 0 Å². The molecular weight excluding hydrogens is 705 g/mol. The molecule has 2 heterocycles. The summed E-state index contributed by atoms with van der Waals surface area (Å²) in [6, 6.07) is 74.3. The molecule has 0 saturated carbocycles. The lowest BCUT2D eigenvalue weighted by molar-refractivity contribution is 0.633. The van der Waals surface area contributed by atoms with Gasteiger partial charge in [-0.15, -0.1) is 0 Å². The van der Waals surface area contributed by atoms with Gasteiger partial charge in [0, 0.05) is 21.5 Å². The minimum atomic E-state index is 0.787. The standard InChI is InChI=1S/C56H34O2/c1-3-11-35(12-4-1)37-19-23-39(24-20-37)53-44-16-7-8-17-45(44)54(40-25-21-38(22-26-40)36-13-5-2-6-14-36)50-34-41(27-29-46(50)53)42-28-32-52-49(33-42)48-31-30-47-43-15-9-10-18-51(43)57-55(47)56(48)58-52/h1-34H. The Balaban J connectivity index is 1.07. The van der Waals surface area contributed by atoms with E-state index < -0.39 is 0 Å². The van der Waals surface area contributed by atoms with Crippen molar-refractivity contribution in [1.29, 1.82) is 0 Å². The Kier molecular flexibility index (Phi) is 7.26. The van der Waals surface area contributed by atoms with Crippen LogP contribution in [0.5, 0.6) is 0 Å². The van der Waals surface area contributed by atoms with Gasteiger partial charge in [-0.25, -0.2) is 0 Å². The summed E-state index contributed by atoms with van der Waals surface area (Å²) in [6.45, 7) is 0. The van der Waals surface area contributed by atoms with Crippen molar-refractivity contribution in [2.24, 2.45) is 0 Å². The lowest BCUT2D eigenvalue weighted by Crippen LogP contribution is -1.92. The van der Waals surface area contributed by atoms with Crippen molar-refractivity contribution in [1.82, 2.24) is 0 Å². The summed E-state index contributed by atoms with van der Waals surface area (Å²) >= 11 is 0. The van der Waals surface area contributed by atoms with E-state index in [9.17, 15) is 0 Å². The summed E-state index contributed by atoms with van der Waals surface area (Å²) in [6.07, 6.45) is 0. The molecule has 0 aliphatic carbocycles. The number of fused-ring (bicyclic) bond motifs is 9. The van der Waals surface area contributed by atoms with Crippen molar-refractivity contribution in [2.45, 2.75) is 0 Å². The number of rotatable bonds is 5. The van der Waals surface area contributed by atoms with Crippen molar-refractivity contribution in [3.05, 3.63) is 206 Å². The molecule has 10 aromatic carbocycles. The lowest BCUT2D eigenvalue weighted by Gasteiger charge is -2.19. The molecule has 0 fully saturated rings. The number of furan rings is 2. The maximum Gasteiger partial charge on any atom is 0.178 e. The summed E-state index contributed by atoms with van der Waals surface area (Å²) < 4.78 is 12.9. The maximum absolute atomic E-state index is 6.53. The zero-order chi connectivity index (χ0) is 38.2. The first-order chi connectivity index (χ1) is 28.7. The van der Waals surface area contributed by atoms with Crippen LogP contribution < -0.4 is 0 Å². The van der Waals surface area contributed by atoms with Crippen LogP contribution in [0.1, 0.15) is 0 Å². The van der Waals surface area contributed by atoms with Crippen molar-refractivity contribution in [2.75, 3.05) is 0 Å². The largest absolute Gasteiger partial charge is 0.452 e. The molecule has 2 heteroatoms. The maximum atomic E-state index is 6.53. The molecular formula is C56H34O2. The third kappa shape index (κ3) is 5.12. The topological polar surface area (TPSA) is 26.3 Å². The molecule has 0 amide bonds. The molecule has 12 aromatic rings. The van der Waals surface area contributed by atoms with E-state index in [0.717, 1.165) is 55.0 Å². The quantitative estimate of drug-likeness (QED) is 0.164. The molecule has 0 N–H and O–H groups in total. The van der Waals surface area contributed by atoms with E-state index in [1.807, 2.05) is 12.1 Å². The van der Waals surface area contributed by atoms with Gasteiger partial charge in [0.2, 0.25) is 0 Å². The predicted octanol–water partition coefficient (Wildman–Crippen LogP) is 16.1. The molecule has 12 rings (SSSR count). The molecule has 0 spiro atoms. The summed E-state index contributed by atoms with van der Waals surface area (Å²) in [5.41, 5.74) is 15.3. The van der Waals surface area contributed by atoms with Crippen LogP contribution in [0.15, 0.2) is 215 Å². The highest BCUT2D eigenvalue weighted by atomic mass is 16.4. The fourth-order valence-corrected chi connectivity index (χ4v) is 9.10. The second kappa shape index (κ2) is 12.9. The van der Waals surface area contributed by atoms with Crippen molar-refractivity contribution >= 4 is 65.4 Å². The van der Waals surface area contributed by atoms with Gasteiger partial charge < -0.3 is 8.83 Å². The normalized spacial score (nSPS) is 11.8. The van der Waals surface area contributed by atoms with Gasteiger partial charge in [-0.1, -0.05) is 170 Å². The Morgan fingerprint density at radius 2 is 0.569 bits per heavy atom. The van der Waals surface area contributed by atoms with Crippen LogP contribution in [0.4, 0.5) is 0 Å². The third-order valence-corrected chi connectivity index (χ3v) is 11.9. The number of benzene rings is 10. The highest BCUT2D eigenvalue weighted by Gasteiger charge is 2.20. The number of hydrogen-bond acceptors (Lipinski definition) is 2. The van der Waals surface area contributed by atoms with Crippen LogP contribution in [0.25, 0.3) is 121 Å². The second-order valence-electron chi connectivity index (χ2n) is 15.2. The van der Waals surface area contributed by atoms with Gasteiger partial charge in [-0.05, 0) is 114 Å². The summed E-state index contributed by atoms with van der Waals surface area (Å²) in [7, 11) is 0. The number of para-hydroxylation sites is 1. The van der Waals surface area contributed by atoms with Crippen LogP contribution in [-0.4, -0.2) is 0 Å². The predicted molar refractivity (Wildman–Crippen MR) is 243 cm³/mol. The summed E-state index contributed by atoms with van der Waals surface area (Å²) in [5.74, 6) is 0. The van der Waals surface area contributed by atoms with Gasteiger partial charge in [0.25, 0.3) is 0 Å². The highest BCUT2D eigenvalue weighted by molar-refractivity contribution is 6.23. The zero-order valence-electron chi connectivity index (χ0n) is 31.4. The molecule has 0 aliphatic heterocycles. The third-order valence-electron chi connectivity index (χ3n) is 11.9. The van der Waals surface area contributed by atoms with E-state index in [1.54, 1.807) is 0 Å². The zero-order valence-corrected chi connectivity index (χ0v) is 31.4. The Hall–Kier alpha value is -7.68. The molecule has 58 heavy (non-hydrogen) atoms. The smallest absolute Gasteiger partial charge is 0.178 e. The Morgan fingerprint density at radius 1 is 0.207 bits per heavy atom. The summed E-state index contributed by atoms with van der Waals surface area (Å²) in [5, 5.41) is 9.19. The van der Waals surface area contributed by atoms with E-state index in [2.05, 4.69) is 194 Å². The first-order valence-corrected chi connectivity index (χ1v) is 19.8. The Bertz CT molecular complexity index is 3520. The van der Waals surface area contributed by atoms with Crippen LogP contribution in [0.3, 0.4) is 0 Å². The van der Waals surface area contributed by atoms with E-state index in [0.29, 0.717) is 0 Å². The van der Waals surface area contributed by atoms with E-state index in [1.165, 1.54) is 66.1 Å². The van der Waals surface area contributed by atoms with E-state index in [4.69, 9.17) is 8.83 Å². The van der Waals surface area contributed by atoms with Crippen molar-refractivity contribution in [3.8, 4) is 55.6 Å². The second-order valence-corrected chi connectivity index (χ2v) is 15.2. The van der Waals surface area contributed by atoms with Crippen LogP contribution in [0, 0.1) is 0 Å². The van der Waals surface area contributed by atoms with Gasteiger partial charge >= 0.3 is 0 Å². The van der Waals surface area contributed by atoms with Gasteiger partial charge in [-0.2, -0.15) is 0 Å². The lowest BCUT2D eigenvalue weighted by atomic mass is 9.84. The molecule has 0 atom stereocenters. The highest BCUT2D eigenvalue weighted by Crippen LogP contribution is 2.46.